The summed E-state index contributed by atoms with van der Waals surface area (Å²) in [6, 6.07) is 7.60. The Morgan fingerprint density at radius 3 is 2.13 bits per heavy atom. The molecule has 23 heavy (non-hydrogen) atoms. The molecule has 3 N–H and O–H groups in total. The van der Waals surface area contributed by atoms with Crippen LogP contribution in [0.4, 0.5) is 11.4 Å². The van der Waals surface area contributed by atoms with Crippen molar-refractivity contribution in [3.05, 3.63) is 52.6 Å². The van der Waals surface area contributed by atoms with Crippen molar-refractivity contribution in [2.75, 3.05) is 17.6 Å². The lowest BCUT2D eigenvalue weighted by Gasteiger charge is -2.22. The second-order valence-corrected chi connectivity index (χ2v) is 5.60. The van der Waals surface area contributed by atoms with Crippen molar-refractivity contribution in [3.63, 3.8) is 0 Å². The van der Waals surface area contributed by atoms with Crippen LogP contribution in [0.5, 0.6) is 5.75 Å². The lowest BCUT2D eigenvalue weighted by Crippen LogP contribution is -2.24. The highest BCUT2D eigenvalue weighted by Gasteiger charge is 2.35. The molecule has 0 aromatic heterocycles. The van der Waals surface area contributed by atoms with Gasteiger partial charge in [-0.3, -0.25) is 14.3 Å². The first-order chi connectivity index (χ1) is 11.0. The average molecular weight is 332 g/mol. The van der Waals surface area contributed by atoms with Gasteiger partial charge in [-0.1, -0.05) is 24.3 Å². The number of fused-ring (bicyclic) bond motifs is 2. The summed E-state index contributed by atoms with van der Waals surface area (Å²) in [5, 5.41) is 0. The number of carbonyl (C=O) groups excluding carboxylic acids is 2. The Morgan fingerprint density at radius 2 is 1.61 bits per heavy atom. The van der Waals surface area contributed by atoms with Gasteiger partial charge in [-0.25, -0.2) is 8.42 Å². The number of benzene rings is 2. The van der Waals surface area contributed by atoms with Crippen LogP contribution in [0, 0.1) is 0 Å². The van der Waals surface area contributed by atoms with Crippen LogP contribution in [0.3, 0.4) is 0 Å². The van der Waals surface area contributed by atoms with Gasteiger partial charge in [-0.2, -0.15) is 0 Å². The summed E-state index contributed by atoms with van der Waals surface area (Å²) in [5.74, 6) is -0.802. The molecule has 0 spiro atoms. The van der Waals surface area contributed by atoms with Gasteiger partial charge >= 0.3 is 0 Å². The first-order valence-corrected chi connectivity index (χ1v) is 7.73. The normalized spacial score (nSPS) is 12.8. The van der Waals surface area contributed by atoms with Gasteiger partial charge in [0.2, 0.25) is 10.9 Å². The number of rotatable bonds is 3. The minimum Gasteiger partial charge on any atom is -0.494 e. The molecular weight excluding hydrogens is 320 g/mol. The van der Waals surface area contributed by atoms with Gasteiger partial charge in [0.25, 0.3) is 0 Å². The van der Waals surface area contributed by atoms with Gasteiger partial charge in [0.1, 0.15) is 5.75 Å². The van der Waals surface area contributed by atoms with E-state index in [9.17, 15) is 18.0 Å². The predicted molar refractivity (Wildman–Crippen MR) is 84.7 cm³/mol. The molecule has 3 rings (SSSR count). The lowest BCUT2D eigenvalue weighted by atomic mass is 9.82. The molecule has 0 atom stereocenters. The minimum absolute atomic E-state index is 0.00188. The molecule has 0 saturated heterocycles. The molecule has 1 aliphatic carbocycles. The van der Waals surface area contributed by atoms with E-state index in [1.807, 2.05) is 0 Å². The fourth-order valence-electron chi connectivity index (χ4n) is 2.65. The smallest absolute Gasteiger partial charge is 0.222 e. The molecule has 1 aliphatic rings. The van der Waals surface area contributed by atoms with Crippen molar-refractivity contribution in [3.8, 4) is 5.75 Å². The average Bonchev–Trinajstić information content (AvgIpc) is 2.53. The quantitative estimate of drug-likeness (QED) is 0.487. The molecule has 0 unspecified atom stereocenters. The third kappa shape index (κ3) is 2.23. The largest absolute Gasteiger partial charge is 0.494 e. The maximum atomic E-state index is 12.7. The third-order valence-corrected chi connectivity index (χ3v) is 4.06. The summed E-state index contributed by atoms with van der Waals surface area (Å²) < 4.78 is 29.3. The number of nitrogens with one attached hydrogen (secondary N) is 1. The van der Waals surface area contributed by atoms with Gasteiger partial charge in [0, 0.05) is 17.2 Å². The number of nitrogen functional groups attached to an aromatic ring is 1. The van der Waals surface area contributed by atoms with Gasteiger partial charge in [0.15, 0.2) is 11.6 Å². The number of methoxy groups -OCH3 is 1. The Kier molecular flexibility index (Phi) is 3.53. The van der Waals surface area contributed by atoms with Crippen LogP contribution in [0.2, 0.25) is 0 Å². The highest BCUT2D eigenvalue weighted by Crippen LogP contribution is 2.40. The van der Waals surface area contributed by atoms with Crippen LogP contribution in [0.1, 0.15) is 31.8 Å². The van der Waals surface area contributed by atoms with Gasteiger partial charge in [-0.05, 0) is 0 Å². The highest BCUT2D eigenvalue weighted by molar-refractivity contribution is 7.73. The standard InChI is InChI=1S/C15H12N2O5S/c1-22-10-6-9(17-23(20)21)11-12(13(10)16)15(19)8-5-3-2-4-7(8)14(11)18/h2-6,23H,16H2,1H3,(H,17,20,21). The molecule has 0 bridgehead atoms. The van der Waals surface area contributed by atoms with E-state index >= 15 is 0 Å². The Balaban J connectivity index is 2.38. The Morgan fingerprint density at radius 1 is 1.04 bits per heavy atom. The fraction of sp³-hybridized carbons (Fsp3) is 0.0667. The predicted octanol–water partition coefficient (Wildman–Crippen LogP) is 0.991. The van der Waals surface area contributed by atoms with Gasteiger partial charge in [-0.15, -0.1) is 0 Å². The molecule has 0 radical (unpaired) electrons. The van der Waals surface area contributed by atoms with E-state index in [0.717, 1.165) is 0 Å². The zero-order chi connectivity index (χ0) is 16.7. The molecule has 0 aliphatic heterocycles. The number of hydrogen-bond donors (Lipinski definition) is 3. The first kappa shape index (κ1) is 15.0. The SMILES string of the molecule is COc1cc(N[SH](=O)=O)c2c(c1N)C(=O)c1ccccc1C2=O. The van der Waals surface area contributed by atoms with Crippen LogP contribution in [-0.2, 0) is 10.9 Å². The number of ketones is 2. The molecule has 0 saturated carbocycles. The van der Waals surface area contributed by atoms with Gasteiger partial charge < -0.3 is 10.5 Å². The molecule has 118 valence electrons. The number of thiol groups is 1. The van der Waals surface area contributed by atoms with Crippen molar-refractivity contribution in [2.24, 2.45) is 0 Å². The minimum atomic E-state index is -3.03. The van der Waals surface area contributed by atoms with Crippen molar-refractivity contribution >= 4 is 33.8 Å². The van der Waals surface area contributed by atoms with Gasteiger partial charge in [0.05, 0.1) is 29.6 Å². The topological polar surface area (TPSA) is 116 Å². The van der Waals surface area contributed by atoms with Crippen LogP contribution >= 0.6 is 0 Å². The van der Waals surface area contributed by atoms with Crippen molar-refractivity contribution in [1.82, 2.24) is 0 Å². The van der Waals surface area contributed by atoms with Crippen molar-refractivity contribution < 1.29 is 22.7 Å². The lowest BCUT2D eigenvalue weighted by molar-refractivity contribution is 0.0980. The Hall–Kier alpha value is -2.87. The second kappa shape index (κ2) is 5.40. The highest BCUT2D eigenvalue weighted by atomic mass is 32.2. The van der Waals surface area contributed by atoms with Crippen molar-refractivity contribution in [1.29, 1.82) is 0 Å². The van der Waals surface area contributed by atoms with Crippen LogP contribution in [0.25, 0.3) is 0 Å². The second-order valence-electron chi connectivity index (χ2n) is 4.86. The van der Waals surface area contributed by atoms with Crippen LogP contribution in [-0.4, -0.2) is 27.1 Å². The van der Waals surface area contributed by atoms with E-state index in [-0.39, 0.29) is 39.4 Å². The molecule has 2 aromatic carbocycles. The number of carbonyl (C=O) groups is 2. The zero-order valence-corrected chi connectivity index (χ0v) is 12.8. The van der Waals surface area contributed by atoms with E-state index in [1.54, 1.807) is 12.1 Å². The number of nitrogens with two attached hydrogens (primary N) is 1. The zero-order valence-electron chi connectivity index (χ0n) is 12.0. The molecule has 8 heteroatoms. The van der Waals surface area contributed by atoms with Crippen LogP contribution in [0.15, 0.2) is 30.3 Å². The molecule has 2 aromatic rings. The molecule has 0 amide bonds. The summed E-state index contributed by atoms with van der Waals surface area (Å²) in [4.78, 5) is 25.4. The summed E-state index contributed by atoms with van der Waals surface area (Å²) >= 11 is 0. The van der Waals surface area contributed by atoms with E-state index in [1.165, 1.54) is 25.3 Å². The monoisotopic (exact) mass is 332 g/mol. The summed E-state index contributed by atoms with van der Waals surface area (Å²) in [6.45, 7) is 0. The van der Waals surface area contributed by atoms with Crippen molar-refractivity contribution in [2.45, 2.75) is 0 Å². The molecule has 0 fully saturated rings. The van der Waals surface area contributed by atoms with E-state index in [2.05, 4.69) is 4.72 Å². The fourth-order valence-corrected chi connectivity index (χ4v) is 3.02. The Bertz CT molecular complexity index is 926. The Labute approximate surface area is 133 Å². The third-order valence-electron chi connectivity index (χ3n) is 3.63. The molecular formula is C15H12N2O5S. The summed E-state index contributed by atoms with van der Waals surface area (Å²) in [7, 11) is -1.69. The maximum Gasteiger partial charge on any atom is 0.222 e. The number of ether oxygens (including phenoxy) is 1. The number of hydrogen-bond acceptors (Lipinski definition) is 6. The van der Waals surface area contributed by atoms with E-state index < -0.39 is 22.5 Å². The maximum absolute atomic E-state index is 12.7. The number of anilines is 2. The van der Waals surface area contributed by atoms with E-state index in [0.29, 0.717) is 0 Å². The van der Waals surface area contributed by atoms with E-state index in [4.69, 9.17) is 10.5 Å². The molecule has 7 nitrogen and oxygen atoms in total. The van der Waals surface area contributed by atoms with Crippen LogP contribution < -0.4 is 15.2 Å². The molecule has 0 heterocycles. The summed E-state index contributed by atoms with van der Waals surface area (Å²) in [5.41, 5.74) is 6.24. The summed E-state index contributed by atoms with van der Waals surface area (Å²) in [6.07, 6.45) is 0. The first-order valence-electron chi connectivity index (χ1n) is 6.55.